The van der Waals surface area contributed by atoms with E-state index in [0.717, 1.165) is 0 Å². The van der Waals surface area contributed by atoms with Crippen LogP contribution < -0.4 is 5.32 Å². The van der Waals surface area contributed by atoms with Crippen LogP contribution >= 0.6 is 0 Å². The molecule has 0 bridgehead atoms. The molecule has 0 spiro atoms. The van der Waals surface area contributed by atoms with Crippen LogP contribution in [0.1, 0.15) is 12.8 Å². The van der Waals surface area contributed by atoms with E-state index in [9.17, 15) is 17.6 Å². The van der Waals surface area contributed by atoms with Crippen molar-refractivity contribution in [1.29, 1.82) is 0 Å². The first-order valence-electron chi connectivity index (χ1n) is 8.08. The van der Waals surface area contributed by atoms with Gasteiger partial charge in [-0.2, -0.15) is 4.31 Å². The van der Waals surface area contributed by atoms with Crippen molar-refractivity contribution in [3.63, 3.8) is 0 Å². The lowest BCUT2D eigenvalue weighted by Gasteiger charge is -2.30. The topological polar surface area (TPSA) is 66.5 Å². The summed E-state index contributed by atoms with van der Waals surface area (Å²) in [6, 6.07) is 14.0. The Labute approximate surface area is 146 Å². The number of amides is 1. The molecule has 1 saturated heterocycles. The number of carbonyl (C=O) groups excluding carboxylic acids is 1. The minimum Gasteiger partial charge on any atom is -0.326 e. The maximum atomic E-state index is 13.2. The van der Waals surface area contributed by atoms with E-state index in [2.05, 4.69) is 5.32 Å². The number of sulfonamides is 1. The molecule has 3 rings (SSSR count). The van der Waals surface area contributed by atoms with E-state index in [4.69, 9.17) is 0 Å². The Hall–Kier alpha value is -2.25. The Morgan fingerprint density at radius 2 is 1.72 bits per heavy atom. The van der Waals surface area contributed by atoms with Crippen LogP contribution in [0.2, 0.25) is 0 Å². The molecule has 1 amide bonds. The third-order valence-corrected chi connectivity index (χ3v) is 6.21. The Morgan fingerprint density at radius 1 is 1.04 bits per heavy atom. The number of piperidine rings is 1. The fraction of sp³-hybridized carbons (Fsp3) is 0.278. The molecule has 1 fully saturated rings. The number of anilines is 1. The van der Waals surface area contributed by atoms with Crippen LogP contribution in [-0.4, -0.2) is 31.7 Å². The van der Waals surface area contributed by atoms with Gasteiger partial charge in [0, 0.05) is 24.7 Å². The second kappa shape index (κ2) is 7.33. The van der Waals surface area contributed by atoms with Crippen LogP contribution in [0.5, 0.6) is 0 Å². The van der Waals surface area contributed by atoms with E-state index >= 15 is 0 Å². The lowest BCUT2D eigenvalue weighted by atomic mass is 9.97. The molecule has 5 nitrogen and oxygen atoms in total. The summed E-state index contributed by atoms with van der Waals surface area (Å²) in [5, 5.41) is 2.69. The zero-order chi connectivity index (χ0) is 17.9. The summed E-state index contributed by atoms with van der Waals surface area (Å²) in [5.41, 5.74) is 0.407. The van der Waals surface area contributed by atoms with E-state index in [0.29, 0.717) is 31.6 Å². The smallest absolute Gasteiger partial charge is 0.243 e. The Kier molecular flexibility index (Phi) is 5.15. The minimum atomic E-state index is -3.52. The highest BCUT2D eigenvalue weighted by atomic mass is 32.2. The molecule has 1 aliphatic heterocycles. The summed E-state index contributed by atoms with van der Waals surface area (Å²) in [7, 11) is -3.52. The summed E-state index contributed by atoms with van der Waals surface area (Å²) in [6.07, 6.45) is 0.875. The first kappa shape index (κ1) is 17.6. The minimum absolute atomic E-state index is 0.206. The number of rotatable bonds is 4. The Bertz CT molecular complexity index is 848. The zero-order valence-corrected chi connectivity index (χ0v) is 14.4. The molecule has 132 valence electrons. The highest BCUT2D eigenvalue weighted by Crippen LogP contribution is 2.24. The zero-order valence-electron chi connectivity index (χ0n) is 13.6. The van der Waals surface area contributed by atoms with E-state index in [1.807, 2.05) is 0 Å². The van der Waals surface area contributed by atoms with Gasteiger partial charge in [0.05, 0.1) is 4.90 Å². The summed E-state index contributed by atoms with van der Waals surface area (Å²) in [5.74, 6) is -0.908. The summed E-state index contributed by atoms with van der Waals surface area (Å²) in [4.78, 5) is 12.6. The van der Waals surface area contributed by atoms with Crippen molar-refractivity contribution in [2.75, 3.05) is 18.4 Å². The van der Waals surface area contributed by atoms with Gasteiger partial charge in [0.15, 0.2) is 0 Å². The first-order chi connectivity index (χ1) is 12.0. The van der Waals surface area contributed by atoms with Crippen LogP contribution in [0.15, 0.2) is 59.5 Å². The van der Waals surface area contributed by atoms with Crippen LogP contribution in [-0.2, 0) is 14.8 Å². The Balaban J connectivity index is 1.61. The number of carbonyl (C=O) groups is 1. The van der Waals surface area contributed by atoms with E-state index < -0.39 is 15.8 Å². The molecule has 25 heavy (non-hydrogen) atoms. The third-order valence-electron chi connectivity index (χ3n) is 4.30. The van der Waals surface area contributed by atoms with Gasteiger partial charge in [-0.25, -0.2) is 12.8 Å². The van der Waals surface area contributed by atoms with Crippen molar-refractivity contribution >= 4 is 21.6 Å². The average Bonchev–Trinajstić information content (AvgIpc) is 2.62. The molecule has 0 atom stereocenters. The van der Waals surface area contributed by atoms with Gasteiger partial charge in [0.1, 0.15) is 5.82 Å². The van der Waals surface area contributed by atoms with Gasteiger partial charge in [-0.3, -0.25) is 4.79 Å². The van der Waals surface area contributed by atoms with E-state index in [1.165, 1.54) is 22.5 Å². The fourth-order valence-electron chi connectivity index (χ4n) is 2.91. The molecular weight excluding hydrogens is 343 g/mol. The van der Waals surface area contributed by atoms with Crippen molar-refractivity contribution in [2.45, 2.75) is 17.7 Å². The highest BCUT2D eigenvalue weighted by Gasteiger charge is 2.32. The third kappa shape index (κ3) is 4.05. The van der Waals surface area contributed by atoms with Crippen LogP contribution in [0.25, 0.3) is 0 Å². The van der Waals surface area contributed by atoms with Gasteiger partial charge in [0.2, 0.25) is 15.9 Å². The van der Waals surface area contributed by atoms with Crippen molar-refractivity contribution in [3.8, 4) is 0 Å². The number of nitrogens with zero attached hydrogens (tertiary/aromatic N) is 1. The van der Waals surface area contributed by atoms with Crippen molar-refractivity contribution in [3.05, 3.63) is 60.4 Å². The maximum Gasteiger partial charge on any atom is 0.243 e. The number of nitrogens with one attached hydrogen (secondary N) is 1. The summed E-state index contributed by atoms with van der Waals surface area (Å²) in [6.45, 7) is 0.580. The molecule has 0 unspecified atom stereocenters. The monoisotopic (exact) mass is 362 g/mol. The average molecular weight is 362 g/mol. The van der Waals surface area contributed by atoms with Gasteiger partial charge in [-0.1, -0.05) is 24.3 Å². The van der Waals surface area contributed by atoms with E-state index in [-0.39, 0.29) is 16.7 Å². The molecule has 0 radical (unpaired) electrons. The molecule has 2 aromatic rings. The fourth-order valence-corrected chi connectivity index (χ4v) is 4.40. The second-order valence-corrected chi connectivity index (χ2v) is 7.93. The number of hydrogen-bond donors (Lipinski definition) is 1. The van der Waals surface area contributed by atoms with Gasteiger partial charge in [-0.05, 0) is 43.2 Å². The van der Waals surface area contributed by atoms with Crippen molar-refractivity contribution in [2.24, 2.45) is 5.92 Å². The van der Waals surface area contributed by atoms with Gasteiger partial charge in [0.25, 0.3) is 0 Å². The number of benzene rings is 2. The second-order valence-electron chi connectivity index (χ2n) is 5.99. The standard InChI is InChI=1S/C18H19FN2O3S/c19-15-5-4-6-16(13-15)20-18(22)14-9-11-21(12-10-14)25(23,24)17-7-2-1-3-8-17/h1-8,13-14H,9-12H2,(H,20,22). The molecule has 1 heterocycles. The normalized spacial score (nSPS) is 16.5. The van der Waals surface area contributed by atoms with Crippen molar-refractivity contribution < 1.29 is 17.6 Å². The van der Waals surface area contributed by atoms with E-state index in [1.54, 1.807) is 36.4 Å². The molecule has 7 heteroatoms. The predicted octanol–water partition coefficient (Wildman–Crippen LogP) is 2.87. The largest absolute Gasteiger partial charge is 0.326 e. The molecule has 2 aromatic carbocycles. The van der Waals surface area contributed by atoms with Gasteiger partial charge < -0.3 is 5.32 Å². The van der Waals surface area contributed by atoms with Crippen LogP contribution in [0, 0.1) is 11.7 Å². The quantitative estimate of drug-likeness (QED) is 0.909. The maximum absolute atomic E-state index is 13.2. The summed E-state index contributed by atoms with van der Waals surface area (Å²) < 4.78 is 39.7. The molecule has 0 saturated carbocycles. The first-order valence-corrected chi connectivity index (χ1v) is 9.52. The highest BCUT2D eigenvalue weighted by molar-refractivity contribution is 7.89. The van der Waals surface area contributed by atoms with Gasteiger partial charge in [-0.15, -0.1) is 0 Å². The Morgan fingerprint density at radius 3 is 2.36 bits per heavy atom. The van der Waals surface area contributed by atoms with Crippen molar-refractivity contribution in [1.82, 2.24) is 4.31 Å². The summed E-state index contributed by atoms with van der Waals surface area (Å²) >= 11 is 0. The van der Waals surface area contributed by atoms with Gasteiger partial charge >= 0.3 is 0 Å². The van der Waals surface area contributed by atoms with Crippen LogP contribution in [0.4, 0.5) is 10.1 Å². The molecule has 1 aliphatic rings. The SMILES string of the molecule is O=C(Nc1cccc(F)c1)C1CCN(S(=O)(=O)c2ccccc2)CC1. The molecular formula is C18H19FN2O3S. The predicted molar refractivity (Wildman–Crippen MR) is 93.0 cm³/mol. The molecule has 0 aromatic heterocycles. The molecule has 1 N–H and O–H groups in total. The number of halogens is 1. The lowest BCUT2D eigenvalue weighted by Crippen LogP contribution is -2.41. The molecule has 0 aliphatic carbocycles. The van der Waals surface area contributed by atoms with Crippen LogP contribution in [0.3, 0.4) is 0 Å². The lowest BCUT2D eigenvalue weighted by molar-refractivity contribution is -0.120. The number of hydrogen-bond acceptors (Lipinski definition) is 3.